The third-order valence-corrected chi connectivity index (χ3v) is 7.02. The summed E-state index contributed by atoms with van der Waals surface area (Å²) < 4.78 is 5.72. The fourth-order valence-electron chi connectivity index (χ4n) is 5.73. The third kappa shape index (κ3) is 2.21. The second-order valence-electron chi connectivity index (χ2n) is 8.59. The SMILES string of the molecule is O=C(NC12CC(C(=O)O)(C1)C2)N1CC(c2ccccc2)C2COCCC21. The molecule has 3 aliphatic carbocycles. The molecule has 1 aromatic carbocycles. The van der Waals surface area contributed by atoms with Crippen molar-refractivity contribution in [2.75, 3.05) is 19.8 Å². The Kier molecular flexibility index (Phi) is 3.38. The van der Waals surface area contributed by atoms with E-state index >= 15 is 0 Å². The smallest absolute Gasteiger partial charge is 0.318 e. The van der Waals surface area contributed by atoms with Crippen molar-refractivity contribution < 1.29 is 19.4 Å². The molecule has 6 nitrogen and oxygen atoms in total. The van der Waals surface area contributed by atoms with E-state index in [1.54, 1.807) is 0 Å². The van der Waals surface area contributed by atoms with Gasteiger partial charge in [-0.05, 0) is 31.2 Å². The lowest BCUT2D eigenvalue weighted by Gasteiger charge is -2.68. The number of ether oxygens (including phenoxy) is 1. The van der Waals surface area contributed by atoms with Crippen LogP contribution in [-0.4, -0.2) is 53.3 Å². The Morgan fingerprint density at radius 3 is 2.62 bits per heavy atom. The first-order chi connectivity index (χ1) is 12.5. The predicted molar refractivity (Wildman–Crippen MR) is 93.8 cm³/mol. The molecule has 1 aromatic rings. The quantitative estimate of drug-likeness (QED) is 0.870. The van der Waals surface area contributed by atoms with Crippen LogP contribution < -0.4 is 5.32 Å². The zero-order valence-electron chi connectivity index (χ0n) is 14.7. The molecule has 2 N–H and O–H groups in total. The van der Waals surface area contributed by atoms with Crippen LogP contribution in [0.4, 0.5) is 4.79 Å². The molecule has 2 amide bonds. The molecule has 3 atom stereocenters. The van der Waals surface area contributed by atoms with Gasteiger partial charge in [-0.25, -0.2) is 4.79 Å². The predicted octanol–water partition coefficient (Wildman–Crippen LogP) is 2.21. The van der Waals surface area contributed by atoms with Crippen LogP contribution in [0.15, 0.2) is 30.3 Å². The summed E-state index contributed by atoms with van der Waals surface area (Å²) in [4.78, 5) is 26.3. The number of aliphatic carboxylic acids is 1. The van der Waals surface area contributed by atoms with Crippen LogP contribution in [0.1, 0.15) is 37.2 Å². The van der Waals surface area contributed by atoms with Crippen molar-refractivity contribution in [2.24, 2.45) is 11.3 Å². The van der Waals surface area contributed by atoms with Crippen LogP contribution in [0.2, 0.25) is 0 Å². The minimum absolute atomic E-state index is 0.0287. The molecule has 3 unspecified atom stereocenters. The van der Waals surface area contributed by atoms with Gasteiger partial charge in [0.2, 0.25) is 0 Å². The lowest BCUT2D eigenvalue weighted by Crippen LogP contribution is -2.77. The van der Waals surface area contributed by atoms with E-state index in [1.165, 1.54) is 5.56 Å². The second-order valence-corrected chi connectivity index (χ2v) is 8.59. The van der Waals surface area contributed by atoms with Gasteiger partial charge in [-0.3, -0.25) is 4.79 Å². The number of nitrogens with one attached hydrogen (secondary N) is 1. The lowest BCUT2D eigenvalue weighted by atomic mass is 9.39. The monoisotopic (exact) mass is 356 g/mol. The number of hydrogen-bond donors (Lipinski definition) is 2. The van der Waals surface area contributed by atoms with Crippen molar-refractivity contribution in [3.05, 3.63) is 35.9 Å². The minimum Gasteiger partial charge on any atom is -0.481 e. The van der Waals surface area contributed by atoms with Gasteiger partial charge in [0.05, 0.1) is 12.0 Å². The molecule has 0 spiro atoms. The molecule has 0 aromatic heterocycles. The van der Waals surface area contributed by atoms with Gasteiger partial charge >= 0.3 is 12.0 Å². The average Bonchev–Trinajstić information content (AvgIpc) is 2.97. The number of carboxylic acids is 1. The van der Waals surface area contributed by atoms with Gasteiger partial charge in [0, 0.05) is 36.6 Å². The fraction of sp³-hybridized carbons (Fsp3) is 0.600. The van der Waals surface area contributed by atoms with Crippen LogP contribution in [-0.2, 0) is 9.53 Å². The Morgan fingerprint density at radius 1 is 1.19 bits per heavy atom. The Labute approximate surface area is 152 Å². The standard InChI is InChI=1S/C20H24N2O4/c23-17(24)19-10-20(11-19,12-19)21-18(25)22-8-14(13-4-2-1-3-5-13)15-9-26-7-6-16(15)22/h1-5,14-16H,6-12H2,(H,21,25)(H,23,24). The second kappa shape index (κ2) is 5.46. The first kappa shape index (κ1) is 16.1. The van der Waals surface area contributed by atoms with Gasteiger partial charge in [-0.2, -0.15) is 0 Å². The van der Waals surface area contributed by atoms with Crippen LogP contribution in [0.25, 0.3) is 0 Å². The molecule has 138 valence electrons. The summed E-state index contributed by atoms with van der Waals surface area (Å²) in [6.07, 6.45) is 2.60. The van der Waals surface area contributed by atoms with Crippen LogP contribution in [0, 0.1) is 11.3 Å². The molecule has 5 aliphatic rings. The van der Waals surface area contributed by atoms with E-state index in [0.29, 0.717) is 50.9 Å². The highest BCUT2D eigenvalue weighted by molar-refractivity contribution is 5.83. The molecular formula is C20H24N2O4. The van der Waals surface area contributed by atoms with Crippen molar-refractivity contribution in [1.29, 1.82) is 0 Å². The van der Waals surface area contributed by atoms with E-state index < -0.39 is 11.4 Å². The molecule has 6 rings (SSSR count). The van der Waals surface area contributed by atoms with Crippen LogP contribution in [0.5, 0.6) is 0 Å². The molecule has 2 saturated heterocycles. The highest BCUT2D eigenvalue weighted by atomic mass is 16.5. The summed E-state index contributed by atoms with van der Waals surface area (Å²) in [6.45, 7) is 2.09. The summed E-state index contributed by atoms with van der Waals surface area (Å²) in [5.41, 5.74) is 0.422. The van der Waals surface area contributed by atoms with Crippen molar-refractivity contribution in [3.8, 4) is 0 Å². The number of carbonyl (C=O) groups excluding carboxylic acids is 1. The van der Waals surface area contributed by atoms with Crippen molar-refractivity contribution in [3.63, 3.8) is 0 Å². The van der Waals surface area contributed by atoms with Gasteiger partial charge < -0.3 is 20.1 Å². The molecule has 0 radical (unpaired) electrons. The summed E-state index contributed by atoms with van der Waals surface area (Å²) >= 11 is 0. The maximum atomic E-state index is 13.0. The van der Waals surface area contributed by atoms with Crippen LogP contribution in [0.3, 0.4) is 0 Å². The number of carbonyl (C=O) groups is 2. The van der Waals surface area contributed by atoms with E-state index in [0.717, 1.165) is 6.42 Å². The molecule has 2 heterocycles. The van der Waals surface area contributed by atoms with Crippen LogP contribution >= 0.6 is 0 Å². The Morgan fingerprint density at radius 2 is 1.92 bits per heavy atom. The third-order valence-electron chi connectivity index (χ3n) is 7.02. The zero-order valence-corrected chi connectivity index (χ0v) is 14.7. The topological polar surface area (TPSA) is 78.9 Å². The Hall–Kier alpha value is -2.08. The number of benzene rings is 1. The summed E-state index contributed by atoms with van der Waals surface area (Å²) in [5.74, 6) is -0.0932. The summed E-state index contributed by atoms with van der Waals surface area (Å²) in [7, 11) is 0. The van der Waals surface area contributed by atoms with Gasteiger partial charge in [0.1, 0.15) is 0 Å². The van der Waals surface area contributed by atoms with Crippen molar-refractivity contribution in [1.82, 2.24) is 10.2 Å². The molecule has 3 saturated carbocycles. The highest BCUT2D eigenvalue weighted by Gasteiger charge is 2.73. The maximum absolute atomic E-state index is 13.0. The number of nitrogens with zero attached hydrogens (tertiary/aromatic N) is 1. The van der Waals surface area contributed by atoms with Gasteiger partial charge in [0.25, 0.3) is 0 Å². The van der Waals surface area contributed by atoms with E-state index in [9.17, 15) is 14.7 Å². The molecule has 26 heavy (non-hydrogen) atoms. The van der Waals surface area contributed by atoms with E-state index in [4.69, 9.17) is 4.74 Å². The highest BCUT2D eigenvalue weighted by Crippen LogP contribution is 2.67. The first-order valence-corrected chi connectivity index (χ1v) is 9.47. The van der Waals surface area contributed by atoms with Crippen molar-refractivity contribution in [2.45, 2.75) is 43.2 Å². The van der Waals surface area contributed by atoms with E-state index in [-0.39, 0.29) is 17.6 Å². The number of carboxylic acid groups (broad SMARTS) is 1. The zero-order chi connectivity index (χ0) is 17.9. The number of urea groups is 1. The number of fused-ring (bicyclic) bond motifs is 1. The van der Waals surface area contributed by atoms with E-state index in [1.807, 2.05) is 23.1 Å². The Balaban J connectivity index is 1.31. The summed E-state index contributed by atoms with van der Waals surface area (Å²) in [6, 6.07) is 10.5. The van der Waals surface area contributed by atoms with E-state index in [2.05, 4.69) is 17.4 Å². The number of amides is 2. The summed E-state index contributed by atoms with van der Waals surface area (Å²) in [5, 5.41) is 12.4. The Bertz CT molecular complexity index is 730. The molecular weight excluding hydrogens is 332 g/mol. The maximum Gasteiger partial charge on any atom is 0.318 e. The largest absolute Gasteiger partial charge is 0.481 e. The van der Waals surface area contributed by atoms with Gasteiger partial charge in [-0.1, -0.05) is 30.3 Å². The van der Waals surface area contributed by atoms with Gasteiger partial charge in [-0.15, -0.1) is 0 Å². The average molecular weight is 356 g/mol. The van der Waals surface area contributed by atoms with Crippen molar-refractivity contribution >= 4 is 12.0 Å². The number of hydrogen-bond acceptors (Lipinski definition) is 3. The number of likely N-dealkylation sites (tertiary alicyclic amines) is 1. The number of rotatable bonds is 3. The molecule has 2 bridgehead atoms. The lowest BCUT2D eigenvalue weighted by molar-refractivity contribution is -0.196. The normalized spacial score (nSPS) is 40.2. The molecule has 2 aliphatic heterocycles. The molecule has 5 fully saturated rings. The minimum atomic E-state index is -0.719. The molecule has 6 heteroatoms. The van der Waals surface area contributed by atoms with Gasteiger partial charge in [0.15, 0.2) is 0 Å². The fourth-order valence-corrected chi connectivity index (χ4v) is 5.73. The first-order valence-electron chi connectivity index (χ1n) is 9.47.